The van der Waals surface area contributed by atoms with E-state index in [0.717, 1.165) is 11.6 Å². The highest BCUT2D eigenvalue weighted by molar-refractivity contribution is 7.77. The Morgan fingerprint density at radius 1 is 1.03 bits per heavy atom. The summed E-state index contributed by atoms with van der Waals surface area (Å²) in [5.41, 5.74) is 3.76. The lowest BCUT2D eigenvalue weighted by molar-refractivity contribution is -0.467. The number of allylic oxidation sites excluding steroid dienone is 4. The lowest BCUT2D eigenvalue weighted by atomic mass is 9.98. The van der Waals surface area contributed by atoms with Gasteiger partial charge in [0.2, 0.25) is 0 Å². The molecule has 0 radical (unpaired) electrons. The molecule has 5 heterocycles. The Morgan fingerprint density at radius 2 is 1.67 bits per heavy atom. The van der Waals surface area contributed by atoms with Crippen molar-refractivity contribution in [2.45, 2.75) is 76.6 Å². The quantitative estimate of drug-likeness (QED) is 0.275. The van der Waals surface area contributed by atoms with Gasteiger partial charge in [-0.15, -0.1) is 6.42 Å². The highest BCUT2D eigenvalue weighted by Gasteiger charge is 2.72. The summed E-state index contributed by atoms with van der Waals surface area (Å²) in [7, 11) is -1.61. The number of aromatic nitrogens is 1. The van der Waals surface area contributed by atoms with Crippen LogP contribution in [0.5, 0.6) is 0 Å². The van der Waals surface area contributed by atoms with Crippen LogP contribution in [-0.2, 0) is 14.2 Å². The van der Waals surface area contributed by atoms with Crippen molar-refractivity contribution in [1.29, 1.82) is 0 Å². The van der Waals surface area contributed by atoms with E-state index < -0.39 is 27.4 Å². The molecule has 6 heteroatoms. The minimum atomic E-state index is -0.900. The molecule has 0 aliphatic carbocycles. The molecule has 5 atom stereocenters. The molecule has 0 N–H and O–H groups in total. The largest absolute Gasteiger partial charge is 0.339 e. The Labute approximate surface area is 218 Å². The van der Waals surface area contributed by atoms with Gasteiger partial charge in [-0.3, -0.25) is 4.98 Å². The Bertz CT molecular complexity index is 1230. The molecule has 4 saturated heterocycles. The summed E-state index contributed by atoms with van der Waals surface area (Å²) in [6.45, 7) is 13.0. The molecule has 4 fully saturated rings. The monoisotopic (exact) mass is 519 g/mol. The van der Waals surface area contributed by atoms with E-state index in [1.165, 1.54) is 21.7 Å². The summed E-state index contributed by atoms with van der Waals surface area (Å²) in [6, 6.07) is 13.1. The predicted octanol–water partition coefficient (Wildman–Crippen LogP) is 5.80. The standard InChI is InChI=1S/C30H35NO3P2/c1-8-9-10-14-22(2)19-35(24-16-12-11-15-23(24)3)25-17-13-18-31-26(25)36-29(6)20-27(4)32-28(5,34-29)21-30(36,7)33-27/h1,9-18H,19-21H2,2-7H3/b10-9-,22-14-. The van der Waals surface area contributed by atoms with Crippen LogP contribution in [0.25, 0.3) is 0 Å². The third kappa shape index (κ3) is 4.51. The van der Waals surface area contributed by atoms with Gasteiger partial charge in [-0.05, 0) is 78.6 Å². The Kier molecular flexibility index (Phi) is 6.56. The minimum absolute atomic E-state index is 0.376. The minimum Gasteiger partial charge on any atom is -0.339 e. The van der Waals surface area contributed by atoms with Gasteiger partial charge in [0, 0.05) is 32.3 Å². The van der Waals surface area contributed by atoms with Crippen LogP contribution in [0.2, 0.25) is 0 Å². The van der Waals surface area contributed by atoms with Gasteiger partial charge < -0.3 is 14.2 Å². The van der Waals surface area contributed by atoms with Crippen LogP contribution in [0.3, 0.4) is 0 Å². The first-order chi connectivity index (χ1) is 17.0. The fraction of sp³-hybridized carbons (Fsp3) is 0.433. The summed E-state index contributed by atoms with van der Waals surface area (Å²) >= 11 is 0. The van der Waals surface area contributed by atoms with Crippen molar-refractivity contribution in [1.82, 2.24) is 4.98 Å². The number of hydrogen-bond acceptors (Lipinski definition) is 4. The molecule has 5 unspecified atom stereocenters. The van der Waals surface area contributed by atoms with Crippen LogP contribution < -0.4 is 16.0 Å². The topological polar surface area (TPSA) is 40.6 Å². The maximum absolute atomic E-state index is 6.76. The van der Waals surface area contributed by atoms with Crippen molar-refractivity contribution in [3.05, 3.63) is 72.0 Å². The van der Waals surface area contributed by atoms with Gasteiger partial charge in [0.1, 0.15) is 10.7 Å². The maximum Gasteiger partial charge on any atom is 0.173 e. The highest BCUT2D eigenvalue weighted by Crippen LogP contribution is 2.75. The van der Waals surface area contributed by atoms with Crippen LogP contribution >= 0.6 is 15.8 Å². The predicted molar refractivity (Wildman–Crippen MR) is 151 cm³/mol. The number of aryl methyl sites for hydroxylation is 1. The van der Waals surface area contributed by atoms with Crippen molar-refractivity contribution in [2.75, 3.05) is 6.16 Å². The SMILES string of the molecule is C#C/C=C\C=C(\C)CP(c1ccccc1C)c1cccnc1P1C2(C)CC3(C)OC(C)(CC1(C)O3)O2. The smallest absolute Gasteiger partial charge is 0.173 e. The Balaban J connectivity index is 1.64. The normalized spacial score (nSPS) is 36.2. The summed E-state index contributed by atoms with van der Waals surface area (Å²) in [4.78, 5) is 5.10. The fourth-order valence-electron chi connectivity index (χ4n) is 6.54. The van der Waals surface area contributed by atoms with Crippen LogP contribution in [0.4, 0.5) is 0 Å². The second-order valence-corrected chi connectivity index (χ2v) is 16.0. The first-order valence-electron chi connectivity index (χ1n) is 12.5. The van der Waals surface area contributed by atoms with Gasteiger partial charge in [-0.2, -0.15) is 0 Å². The number of benzene rings is 1. The van der Waals surface area contributed by atoms with E-state index in [2.05, 4.69) is 89.9 Å². The van der Waals surface area contributed by atoms with E-state index in [9.17, 15) is 0 Å². The maximum atomic E-state index is 6.76. The molecule has 6 rings (SSSR count). The zero-order valence-electron chi connectivity index (χ0n) is 22.0. The molecule has 1 aromatic carbocycles. The first kappa shape index (κ1) is 25.8. The number of nitrogens with zero attached hydrogens (tertiary/aromatic N) is 1. The van der Waals surface area contributed by atoms with E-state index in [0.29, 0.717) is 12.8 Å². The summed E-state index contributed by atoms with van der Waals surface area (Å²) < 4.78 is 19.8. The van der Waals surface area contributed by atoms with E-state index in [1.54, 1.807) is 6.08 Å². The molecule has 0 spiro atoms. The molecule has 0 amide bonds. The second kappa shape index (κ2) is 9.16. The van der Waals surface area contributed by atoms with Crippen molar-refractivity contribution in [2.24, 2.45) is 0 Å². The van der Waals surface area contributed by atoms with Crippen LogP contribution in [-0.4, -0.2) is 33.4 Å². The molecular formula is C30H35NO3P2. The fourth-order valence-corrected chi connectivity index (χ4v) is 13.6. The van der Waals surface area contributed by atoms with Gasteiger partial charge in [-0.25, -0.2) is 0 Å². The number of hydrogen-bond donors (Lipinski definition) is 0. The van der Waals surface area contributed by atoms with Crippen LogP contribution in [0.15, 0.2) is 66.4 Å². The Morgan fingerprint density at radius 3 is 2.31 bits per heavy atom. The van der Waals surface area contributed by atoms with Gasteiger partial charge >= 0.3 is 0 Å². The molecule has 2 aromatic rings. The van der Waals surface area contributed by atoms with Crippen LogP contribution in [0, 0.1) is 19.3 Å². The number of ether oxygens (including phenoxy) is 3. The molecule has 4 bridgehead atoms. The zero-order chi connectivity index (χ0) is 25.8. The van der Waals surface area contributed by atoms with E-state index in [1.807, 2.05) is 12.3 Å². The van der Waals surface area contributed by atoms with E-state index >= 15 is 0 Å². The molecule has 4 nitrogen and oxygen atoms in total. The molecule has 188 valence electrons. The zero-order valence-corrected chi connectivity index (χ0v) is 23.8. The van der Waals surface area contributed by atoms with Crippen molar-refractivity contribution in [3.8, 4) is 12.3 Å². The van der Waals surface area contributed by atoms with Crippen molar-refractivity contribution >= 4 is 31.9 Å². The van der Waals surface area contributed by atoms with Gasteiger partial charge in [0.25, 0.3) is 0 Å². The third-order valence-corrected chi connectivity index (χ3v) is 13.4. The van der Waals surface area contributed by atoms with Crippen molar-refractivity contribution < 1.29 is 14.2 Å². The lowest BCUT2D eigenvalue weighted by Crippen LogP contribution is -2.72. The second-order valence-electron chi connectivity index (χ2n) is 10.9. The van der Waals surface area contributed by atoms with Crippen molar-refractivity contribution in [3.63, 3.8) is 0 Å². The lowest BCUT2D eigenvalue weighted by Gasteiger charge is -2.69. The number of pyridine rings is 1. The van der Waals surface area contributed by atoms with Gasteiger partial charge in [-0.1, -0.05) is 54.0 Å². The van der Waals surface area contributed by atoms with E-state index in [4.69, 9.17) is 25.6 Å². The summed E-state index contributed by atoms with van der Waals surface area (Å²) in [5, 5.41) is 1.95. The van der Waals surface area contributed by atoms with Gasteiger partial charge in [0.05, 0.1) is 5.44 Å². The molecule has 1 aromatic heterocycles. The summed E-state index contributed by atoms with van der Waals surface area (Å²) in [5.74, 6) is 1.31. The molecule has 4 aliphatic rings. The molecule has 36 heavy (non-hydrogen) atoms. The van der Waals surface area contributed by atoms with Gasteiger partial charge in [0.15, 0.2) is 11.6 Å². The van der Waals surface area contributed by atoms with E-state index in [-0.39, 0.29) is 10.7 Å². The van der Waals surface area contributed by atoms with Crippen LogP contribution in [0.1, 0.15) is 53.0 Å². The number of terminal acetylenes is 1. The molecule has 4 aliphatic heterocycles. The third-order valence-electron chi connectivity index (χ3n) is 7.20. The number of rotatable bonds is 6. The molecule has 0 saturated carbocycles. The highest BCUT2D eigenvalue weighted by atomic mass is 31.1. The average molecular weight is 520 g/mol. The summed E-state index contributed by atoms with van der Waals surface area (Å²) in [6.07, 6.45) is 15.5. The average Bonchev–Trinajstić information content (AvgIpc) is 2.75. The molecular weight excluding hydrogens is 484 g/mol. The Hall–Kier alpha value is -1.85. The first-order valence-corrected chi connectivity index (χ1v) is 15.3.